The molecule has 0 spiro atoms. The predicted octanol–water partition coefficient (Wildman–Crippen LogP) is 7.77. The van der Waals surface area contributed by atoms with E-state index in [0.717, 1.165) is 25.0 Å². The average Bonchev–Trinajstić information content (AvgIpc) is 3.77. The molecule has 0 bridgehead atoms. The Morgan fingerprint density at radius 2 is 1.83 bits per heavy atom. The third kappa shape index (κ3) is 6.42. The van der Waals surface area contributed by atoms with Crippen molar-refractivity contribution in [3.8, 4) is 11.9 Å². The molecule has 14 heteroatoms. The molecule has 2 fully saturated rings. The number of thiocarbonyl (C=S) groups is 1. The van der Waals surface area contributed by atoms with Crippen LogP contribution in [0.2, 0.25) is 0 Å². The molecule has 46 heavy (non-hydrogen) atoms. The Kier molecular flexibility index (Phi) is 8.35. The van der Waals surface area contributed by atoms with Gasteiger partial charge in [0, 0.05) is 23.0 Å². The van der Waals surface area contributed by atoms with E-state index in [9.17, 15) is 23.2 Å². The standard InChI is InChI=1S/C32H31F4N5O4S/c1-17-31(5,6)41(28(46)40(17)20-10-9-19(16-37)23(14-20)32(34,35)36)21-13-22-25(24(33)15-21)38-26(18-7-8-18)39-27(22)43-11-12-44-29(42)45-30(2,3)4/h9-10,13-15,18H,1,7-8,11-12H2,2-6H3. The zero-order valence-electron chi connectivity index (χ0n) is 25.8. The lowest BCUT2D eigenvalue weighted by molar-refractivity contribution is -0.137. The maximum atomic E-state index is 15.9. The van der Waals surface area contributed by atoms with Gasteiger partial charge < -0.3 is 19.1 Å². The lowest BCUT2D eigenvalue weighted by atomic mass is 9.99. The van der Waals surface area contributed by atoms with E-state index in [1.165, 1.54) is 17.0 Å². The molecule has 1 aliphatic heterocycles. The summed E-state index contributed by atoms with van der Waals surface area (Å²) < 4.78 is 73.3. The summed E-state index contributed by atoms with van der Waals surface area (Å²) in [5.74, 6) is -0.118. The number of nitriles is 1. The third-order valence-corrected chi connectivity index (χ3v) is 7.82. The summed E-state index contributed by atoms with van der Waals surface area (Å²) in [6, 6.07) is 7.67. The van der Waals surface area contributed by atoms with Gasteiger partial charge in [0.25, 0.3) is 0 Å². The molecule has 9 nitrogen and oxygen atoms in total. The number of halogens is 4. The Hall–Kier alpha value is -4.51. The van der Waals surface area contributed by atoms with Crippen LogP contribution in [-0.2, 0) is 15.7 Å². The number of anilines is 2. The number of fused-ring (bicyclic) bond motifs is 1. The Bertz CT molecular complexity index is 1790. The minimum atomic E-state index is -4.78. The van der Waals surface area contributed by atoms with Gasteiger partial charge in [-0.1, -0.05) is 6.58 Å². The number of alkyl halides is 3. The van der Waals surface area contributed by atoms with Gasteiger partial charge in [-0.2, -0.15) is 23.4 Å². The molecule has 0 N–H and O–H groups in total. The van der Waals surface area contributed by atoms with Crippen molar-refractivity contribution in [2.75, 3.05) is 23.0 Å². The number of carbonyl (C=O) groups excluding carboxylic acids is 1. The van der Waals surface area contributed by atoms with E-state index in [1.54, 1.807) is 51.7 Å². The number of rotatable bonds is 7. The molecule has 2 heterocycles. The fraction of sp³-hybridized carbons (Fsp3) is 0.406. The van der Waals surface area contributed by atoms with Crippen LogP contribution in [0.5, 0.6) is 5.88 Å². The van der Waals surface area contributed by atoms with Gasteiger partial charge in [0.05, 0.1) is 28.1 Å². The number of carbonyl (C=O) groups is 1. The van der Waals surface area contributed by atoms with Crippen LogP contribution >= 0.6 is 12.2 Å². The summed E-state index contributed by atoms with van der Waals surface area (Å²) in [7, 11) is 0. The van der Waals surface area contributed by atoms with E-state index in [0.29, 0.717) is 11.5 Å². The molecule has 0 atom stereocenters. The first-order chi connectivity index (χ1) is 21.4. The van der Waals surface area contributed by atoms with Crippen LogP contribution in [0.4, 0.5) is 33.7 Å². The van der Waals surface area contributed by atoms with Crippen molar-refractivity contribution >= 4 is 45.8 Å². The molecule has 242 valence electrons. The normalized spacial score (nSPS) is 16.5. The topological polar surface area (TPSA) is 101 Å². The van der Waals surface area contributed by atoms with E-state index < -0.39 is 40.4 Å². The number of benzene rings is 2. The molecular weight excluding hydrogens is 626 g/mol. The van der Waals surface area contributed by atoms with Crippen molar-refractivity contribution < 1.29 is 36.6 Å². The summed E-state index contributed by atoms with van der Waals surface area (Å²) in [6.07, 6.45) is -3.94. The monoisotopic (exact) mass is 657 g/mol. The van der Waals surface area contributed by atoms with Gasteiger partial charge in [0.1, 0.15) is 30.2 Å². The first-order valence-corrected chi connectivity index (χ1v) is 14.8. The van der Waals surface area contributed by atoms with Crippen LogP contribution in [0.3, 0.4) is 0 Å². The van der Waals surface area contributed by atoms with Crippen molar-refractivity contribution in [3.05, 3.63) is 65.4 Å². The van der Waals surface area contributed by atoms with Crippen molar-refractivity contribution in [1.82, 2.24) is 9.97 Å². The van der Waals surface area contributed by atoms with Gasteiger partial charge in [0.15, 0.2) is 10.9 Å². The van der Waals surface area contributed by atoms with Crippen LogP contribution in [-0.4, -0.2) is 45.6 Å². The number of aromatic nitrogens is 2. The Labute approximate surface area is 268 Å². The molecule has 3 aromatic rings. The maximum Gasteiger partial charge on any atom is 0.508 e. The summed E-state index contributed by atoms with van der Waals surface area (Å²) in [4.78, 5) is 23.9. The second-order valence-corrected chi connectivity index (χ2v) is 12.8. The molecular formula is C32H31F4N5O4S. The largest absolute Gasteiger partial charge is 0.508 e. The van der Waals surface area contributed by atoms with E-state index in [2.05, 4.69) is 16.5 Å². The molecule has 0 unspecified atom stereocenters. The van der Waals surface area contributed by atoms with Crippen LogP contribution in [0.15, 0.2) is 42.6 Å². The summed E-state index contributed by atoms with van der Waals surface area (Å²) in [5.41, 5.74) is -2.77. The first-order valence-electron chi connectivity index (χ1n) is 14.4. The van der Waals surface area contributed by atoms with E-state index >= 15 is 4.39 Å². The molecule has 1 aromatic heterocycles. The van der Waals surface area contributed by atoms with Gasteiger partial charge in [0.2, 0.25) is 5.88 Å². The predicted molar refractivity (Wildman–Crippen MR) is 166 cm³/mol. The van der Waals surface area contributed by atoms with Crippen LogP contribution in [0, 0.1) is 17.1 Å². The number of hydrogen-bond donors (Lipinski definition) is 0. The smallest absolute Gasteiger partial charge is 0.474 e. The number of ether oxygens (including phenoxy) is 3. The van der Waals surface area contributed by atoms with Crippen LogP contribution in [0.25, 0.3) is 10.9 Å². The zero-order chi connectivity index (χ0) is 33.8. The van der Waals surface area contributed by atoms with Gasteiger partial charge in [-0.15, -0.1) is 0 Å². The van der Waals surface area contributed by atoms with Crippen LogP contribution < -0.4 is 14.5 Å². The third-order valence-electron chi connectivity index (χ3n) is 7.46. The van der Waals surface area contributed by atoms with Crippen molar-refractivity contribution in [1.29, 1.82) is 5.26 Å². The summed E-state index contributed by atoms with van der Waals surface area (Å²) in [6.45, 7) is 12.4. The van der Waals surface area contributed by atoms with Gasteiger partial charge in [-0.05, 0) is 90.0 Å². The highest BCUT2D eigenvalue weighted by molar-refractivity contribution is 7.80. The molecule has 0 radical (unpaired) electrons. The summed E-state index contributed by atoms with van der Waals surface area (Å²) in [5, 5.41) is 9.49. The molecule has 1 aliphatic carbocycles. The lowest BCUT2D eigenvalue weighted by Crippen LogP contribution is -2.41. The quantitative estimate of drug-likeness (QED) is 0.108. The number of hydrogen-bond acceptors (Lipinski definition) is 8. The highest BCUT2D eigenvalue weighted by Crippen LogP contribution is 2.45. The molecule has 2 aliphatic rings. The average molecular weight is 658 g/mol. The van der Waals surface area contributed by atoms with Gasteiger partial charge in [-0.3, -0.25) is 4.90 Å². The van der Waals surface area contributed by atoms with Crippen molar-refractivity contribution in [2.24, 2.45) is 0 Å². The first kappa shape index (κ1) is 32.9. The molecule has 2 aromatic carbocycles. The highest BCUT2D eigenvalue weighted by Gasteiger charge is 2.47. The van der Waals surface area contributed by atoms with E-state index in [-0.39, 0.29) is 52.4 Å². The highest BCUT2D eigenvalue weighted by atomic mass is 32.1. The fourth-order valence-electron chi connectivity index (χ4n) is 5.03. The zero-order valence-corrected chi connectivity index (χ0v) is 26.6. The van der Waals surface area contributed by atoms with Gasteiger partial charge in [-0.25, -0.2) is 14.2 Å². The maximum absolute atomic E-state index is 15.9. The van der Waals surface area contributed by atoms with Crippen molar-refractivity contribution in [2.45, 2.75) is 70.7 Å². The second-order valence-electron chi connectivity index (χ2n) is 12.4. The van der Waals surface area contributed by atoms with Gasteiger partial charge >= 0.3 is 12.3 Å². The SMILES string of the molecule is C=C1N(c2ccc(C#N)c(C(F)(F)F)c2)C(=S)N(c2cc(F)c3nc(C4CC4)nc(OCCOC(=O)OC(C)(C)C)c3c2)C1(C)C. The molecule has 0 amide bonds. The minimum Gasteiger partial charge on any atom is -0.474 e. The van der Waals surface area contributed by atoms with E-state index in [1.807, 2.05) is 0 Å². The van der Waals surface area contributed by atoms with E-state index in [4.69, 9.17) is 26.4 Å². The van der Waals surface area contributed by atoms with Crippen LogP contribution in [0.1, 0.15) is 70.3 Å². The number of nitrogens with zero attached hydrogens (tertiary/aromatic N) is 5. The minimum absolute atomic E-state index is 0.0178. The van der Waals surface area contributed by atoms with Crippen molar-refractivity contribution in [3.63, 3.8) is 0 Å². The Balaban J connectivity index is 1.50. The Morgan fingerprint density at radius 3 is 2.43 bits per heavy atom. The Morgan fingerprint density at radius 1 is 1.13 bits per heavy atom. The molecule has 5 rings (SSSR count). The fourth-order valence-corrected chi connectivity index (χ4v) is 5.58. The lowest BCUT2D eigenvalue weighted by Gasteiger charge is -2.31. The molecule has 1 saturated carbocycles. The summed E-state index contributed by atoms with van der Waals surface area (Å²) >= 11 is 5.76. The molecule has 1 saturated heterocycles. The second kappa shape index (κ2) is 11.7.